The number of carbonyl (C=O) groups excluding carboxylic acids is 2. The molecule has 2 heterocycles. The molecule has 3 aromatic carbocycles. The van der Waals surface area contributed by atoms with Crippen molar-refractivity contribution in [3.8, 4) is 0 Å². The Bertz CT molecular complexity index is 1460. The van der Waals surface area contributed by atoms with Gasteiger partial charge in [0.05, 0.1) is 0 Å². The van der Waals surface area contributed by atoms with Crippen molar-refractivity contribution < 1.29 is 9.59 Å². The number of aromatic nitrogens is 1. The second-order valence-corrected chi connectivity index (χ2v) is 11.2. The number of nitrogens with one attached hydrogen (secondary N) is 3. The summed E-state index contributed by atoms with van der Waals surface area (Å²) in [5.74, 6) is -0.500. The number of para-hydroxylation sites is 1. The minimum atomic E-state index is -0.762. The third-order valence-corrected chi connectivity index (χ3v) is 7.78. The Morgan fingerprint density at radius 1 is 0.902 bits per heavy atom. The van der Waals surface area contributed by atoms with E-state index in [4.69, 9.17) is 0 Å². The molecule has 0 unspecified atom stereocenters. The molecule has 1 saturated heterocycles. The van der Waals surface area contributed by atoms with Gasteiger partial charge in [-0.2, -0.15) is 0 Å². The largest absolute Gasteiger partial charge is 0.361 e. The SMILES string of the molecule is C[C@H](c1c[nH]c2ccccc12)[C@@H](NC(=O)N1CCN(Cc2ccccc2)CC1)C(=O)Nc1cccc(CN(C)C)c1. The van der Waals surface area contributed by atoms with E-state index >= 15 is 0 Å². The maximum absolute atomic E-state index is 13.8. The molecular weight excluding hydrogens is 512 g/mol. The highest BCUT2D eigenvalue weighted by Gasteiger charge is 2.32. The predicted molar refractivity (Wildman–Crippen MR) is 165 cm³/mol. The molecule has 1 aliphatic rings. The van der Waals surface area contributed by atoms with Crippen LogP contribution in [0.4, 0.5) is 10.5 Å². The fourth-order valence-corrected chi connectivity index (χ4v) is 5.58. The lowest BCUT2D eigenvalue weighted by molar-refractivity contribution is -0.118. The van der Waals surface area contributed by atoms with Crippen LogP contribution in [0.1, 0.15) is 29.5 Å². The summed E-state index contributed by atoms with van der Waals surface area (Å²) < 4.78 is 0. The van der Waals surface area contributed by atoms with Crippen LogP contribution in [-0.2, 0) is 17.9 Å². The standard InChI is InChI=1S/C33H40N6O2/c1-24(29-21-34-30-15-8-7-14-28(29)30)31(32(40)35-27-13-9-12-26(20-27)22-37(2)3)36-33(41)39-18-16-38(17-19-39)23-25-10-5-4-6-11-25/h4-15,20-21,24,31,34H,16-19,22-23H2,1-3H3,(H,35,40)(H,36,41)/t24-,31-/m1/s1. The number of aromatic amines is 1. The van der Waals surface area contributed by atoms with Crippen molar-refractivity contribution >= 4 is 28.5 Å². The smallest absolute Gasteiger partial charge is 0.318 e. The molecule has 1 fully saturated rings. The van der Waals surface area contributed by atoms with Gasteiger partial charge in [-0.05, 0) is 49.0 Å². The van der Waals surface area contributed by atoms with Crippen molar-refractivity contribution in [3.05, 3.63) is 102 Å². The summed E-state index contributed by atoms with van der Waals surface area (Å²) in [5, 5.41) is 7.24. The summed E-state index contributed by atoms with van der Waals surface area (Å²) in [6.45, 7) is 6.44. The molecule has 41 heavy (non-hydrogen) atoms. The van der Waals surface area contributed by atoms with E-state index in [1.54, 1.807) is 0 Å². The van der Waals surface area contributed by atoms with Crippen LogP contribution in [0.15, 0.2) is 85.1 Å². The normalized spacial score (nSPS) is 15.6. The van der Waals surface area contributed by atoms with Gasteiger partial charge in [-0.25, -0.2) is 4.79 Å². The van der Waals surface area contributed by atoms with Gasteiger partial charge in [-0.3, -0.25) is 9.69 Å². The van der Waals surface area contributed by atoms with Crippen LogP contribution in [-0.4, -0.2) is 77.9 Å². The number of urea groups is 1. The number of anilines is 1. The fraction of sp³-hybridized carbons (Fsp3) is 0.333. The Hall–Kier alpha value is -4.14. The molecule has 3 amide bonds. The molecule has 0 bridgehead atoms. The Kier molecular flexibility index (Phi) is 9.01. The number of hydrogen-bond donors (Lipinski definition) is 3. The summed E-state index contributed by atoms with van der Waals surface area (Å²) in [5.41, 5.74) is 5.09. The van der Waals surface area contributed by atoms with Crippen LogP contribution in [0.3, 0.4) is 0 Å². The van der Waals surface area contributed by atoms with Crippen molar-refractivity contribution in [1.82, 2.24) is 25.0 Å². The zero-order valence-corrected chi connectivity index (χ0v) is 24.1. The number of piperazine rings is 1. The van der Waals surface area contributed by atoms with Crippen LogP contribution >= 0.6 is 0 Å². The zero-order valence-electron chi connectivity index (χ0n) is 24.1. The molecule has 8 nitrogen and oxygen atoms in total. The van der Waals surface area contributed by atoms with Gasteiger partial charge in [-0.1, -0.05) is 67.6 Å². The molecule has 8 heteroatoms. The van der Waals surface area contributed by atoms with Gasteiger partial charge < -0.3 is 25.4 Å². The number of carbonyl (C=O) groups is 2. The Labute approximate surface area is 242 Å². The Balaban J connectivity index is 1.31. The molecule has 4 aromatic rings. The lowest BCUT2D eigenvalue weighted by Crippen LogP contribution is -2.56. The first-order valence-electron chi connectivity index (χ1n) is 14.3. The van der Waals surface area contributed by atoms with Crippen LogP contribution in [0.5, 0.6) is 0 Å². The summed E-state index contributed by atoms with van der Waals surface area (Å²) in [4.78, 5) is 36.9. The molecule has 214 valence electrons. The highest BCUT2D eigenvalue weighted by molar-refractivity contribution is 5.98. The third kappa shape index (κ3) is 7.14. The number of nitrogens with zero attached hydrogens (tertiary/aromatic N) is 3. The first-order valence-corrected chi connectivity index (χ1v) is 14.3. The molecule has 0 saturated carbocycles. The van der Waals surface area contributed by atoms with Gasteiger partial charge in [0.25, 0.3) is 0 Å². The van der Waals surface area contributed by atoms with Crippen molar-refractivity contribution in [2.45, 2.75) is 32.0 Å². The highest BCUT2D eigenvalue weighted by atomic mass is 16.2. The second-order valence-electron chi connectivity index (χ2n) is 11.2. The molecule has 1 aliphatic heterocycles. The van der Waals surface area contributed by atoms with Crippen molar-refractivity contribution in [3.63, 3.8) is 0 Å². The molecule has 2 atom stereocenters. The Morgan fingerprint density at radius 2 is 1.61 bits per heavy atom. The fourth-order valence-electron chi connectivity index (χ4n) is 5.58. The zero-order chi connectivity index (χ0) is 28.8. The van der Waals surface area contributed by atoms with Crippen LogP contribution in [0.2, 0.25) is 0 Å². The number of benzene rings is 3. The molecule has 0 radical (unpaired) electrons. The van der Waals surface area contributed by atoms with E-state index in [-0.39, 0.29) is 17.9 Å². The van der Waals surface area contributed by atoms with Crippen LogP contribution in [0, 0.1) is 0 Å². The number of fused-ring (bicyclic) bond motifs is 1. The van der Waals surface area contributed by atoms with Crippen LogP contribution < -0.4 is 10.6 Å². The second kappa shape index (κ2) is 13.0. The molecule has 1 aromatic heterocycles. The molecule has 0 spiro atoms. The minimum Gasteiger partial charge on any atom is -0.361 e. The number of rotatable bonds is 9. The molecular formula is C33H40N6O2. The molecule has 3 N–H and O–H groups in total. The van der Waals surface area contributed by atoms with E-state index in [1.165, 1.54) is 5.56 Å². The minimum absolute atomic E-state index is 0.211. The van der Waals surface area contributed by atoms with Gasteiger partial charge in [0.1, 0.15) is 6.04 Å². The van der Waals surface area contributed by atoms with Gasteiger partial charge in [0.15, 0.2) is 0 Å². The van der Waals surface area contributed by atoms with E-state index in [0.29, 0.717) is 18.8 Å². The maximum atomic E-state index is 13.8. The van der Waals surface area contributed by atoms with Crippen molar-refractivity contribution in [2.24, 2.45) is 0 Å². The first kappa shape index (κ1) is 28.4. The monoisotopic (exact) mass is 552 g/mol. The highest BCUT2D eigenvalue weighted by Crippen LogP contribution is 2.28. The maximum Gasteiger partial charge on any atom is 0.318 e. The van der Waals surface area contributed by atoms with E-state index in [9.17, 15) is 9.59 Å². The first-order chi connectivity index (χ1) is 19.9. The van der Waals surface area contributed by atoms with E-state index in [2.05, 4.69) is 49.7 Å². The van der Waals surface area contributed by atoms with E-state index in [0.717, 1.165) is 48.2 Å². The number of amides is 3. The van der Waals surface area contributed by atoms with Gasteiger partial charge >= 0.3 is 6.03 Å². The topological polar surface area (TPSA) is 83.7 Å². The number of hydrogen-bond acceptors (Lipinski definition) is 4. The van der Waals surface area contributed by atoms with Gasteiger partial charge in [0, 0.05) is 68.0 Å². The van der Waals surface area contributed by atoms with Gasteiger partial charge in [-0.15, -0.1) is 0 Å². The van der Waals surface area contributed by atoms with Gasteiger partial charge in [0.2, 0.25) is 5.91 Å². The third-order valence-electron chi connectivity index (χ3n) is 7.78. The quantitative estimate of drug-likeness (QED) is 0.277. The average molecular weight is 553 g/mol. The molecule has 0 aliphatic carbocycles. The van der Waals surface area contributed by atoms with E-state index < -0.39 is 6.04 Å². The van der Waals surface area contributed by atoms with Crippen molar-refractivity contribution in [2.75, 3.05) is 45.6 Å². The van der Waals surface area contributed by atoms with Crippen molar-refractivity contribution in [1.29, 1.82) is 0 Å². The Morgan fingerprint density at radius 3 is 2.37 bits per heavy atom. The lowest BCUT2D eigenvalue weighted by atomic mass is 9.92. The predicted octanol–water partition coefficient (Wildman–Crippen LogP) is 4.87. The van der Waals surface area contributed by atoms with Crippen LogP contribution in [0.25, 0.3) is 10.9 Å². The van der Waals surface area contributed by atoms with E-state index in [1.807, 2.05) is 86.7 Å². The number of H-pyrrole nitrogens is 1. The average Bonchev–Trinajstić information content (AvgIpc) is 3.40. The summed E-state index contributed by atoms with van der Waals surface area (Å²) in [7, 11) is 4.03. The molecule has 5 rings (SSSR count). The summed E-state index contributed by atoms with van der Waals surface area (Å²) in [6, 6.07) is 25.3. The summed E-state index contributed by atoms with van der Waals surface area (Å²) in [6.07, 6.45) is 1.95. The summed E-state index contributed by atoms with van der Waals surface area (Å²) >= 11 is 0. The lowest BCUT2D eigenvalue weighted by Gasteiger charge is -2.36.